The van der Waals surface area contributed by atoms with Crippen molar-refractivity contribution in [2.75, 3.05) is 11.1 Å². The van der Waals surface area contributed by atoms with E-state index in [9.17, 15) is 15.2 Å². The quantitative estimate of drug-likeness (QED) is 0.0243. The number of aliphatic imine (C=N–C) groups is 1. The first-order valence-corrected chi connectivity index (χ1v) is 25.1. The molecule has 0 spiro atoms. The molecule has 1 N–H and O–H groups in total. The topological polar surface area (TPSA) is 121 Å². The molecule has 0 saturated carbocycles. The van der Waals surface area contributed by atoms with Crippen molar-refractivity contribution in [1.82, 2.24) is 9.97 Å². The molecule has 4 heterocycles. The standard InChI is InChI=1S/C21H28N2S2.C18H12Cl2N2O.C10H8N2O2S2/c1-5-6-14-24-20(23-19-8-7-13-22-15-19)25-16-17-9-11-18(12-10-17)21(2,3)4;19-13-9-7-12(8-10-13)14-4-1-2-6-16(14)22-18(23)15-5-3-11-21-17(15)20;13-11-7-3-1-5-9(11)15-16-10-6-2-4-8-12(10)14/h7-13,15H,5-6,14,16H2,1-4H3;1-11H,(H,22,23);1-8H. The highest BCUT2D eigenvalue weighted by Gasteiger charge is 2.15. The number of hydrogen-bond acceptors (Lipinski definition) is 10. The third-order valence-corrected chi connectivity index (χ3v) is 14.1. The third-order valence-electron chi connectivity index (χ3n) is 8.90. The summed E-state index contributed by atoms with van der Waals surface area (Å²) in [6, 6.07) is 41.5. The van der Waals surface area contributed by atoms with Crippen LogP contribution in [0.3, 0.4) is 0 Å². The number of aromatic nitrogens is 4. The molecule has 330 valence electrons. The number of rotatable bonds is 12. The van der Waals surface area contributed by atoms with Crippen molar-refractivity contribution in [3.05, 3.63) is 202 Å². The zero-order valence-corrected chi connectivity index (χ0v) is 40.5. The van der Waals surface area contributed by atoms with Crippen LogP contribution in [0.2, 0.25) is 10.2 Å². The lowest BCUT2D eigenvalue weighted by Crippen LogP contribution is -2.28. The SMILES string of the molecule is CCCCSC(=Nc1cccnc1)SCc1ccc(C(C)(C)C)cc1.O=C(Nc1ccccc1-c1ccc(Cl)cc1)c1cccnc1Cl.[O-][n+]1ccccc1SSc1cccc[n+]1[O-]. The van der Waals surface area contributed by atoms with E-state index in [1.807, 2.05) is 90.4 Å². The minimum Gasteiger partial charge on any atom is -0.618 e. The number of nitrogens with zero attached hydrogens (tertiary/aromatic N) is 5. The Balaban J connectivity index is 0.000000185. The van der Waals surface area contributed by atoms with E-state index in [0.29, 0.717) is 26.3 Å². The zero-order valence-electron chi connectivity index (χ0n) is 35.8. The van der Waals surface area contributed by atoms with Crippen LogP contribution in [0.1, 0.15) is 62.0 Å². The number of unbranched alkanes of at least 4 members (excludes halogenated alkanes) is 1. The van der Waals surface area contributed by atoms with E-state index >= 15 is 0 Å². The van der Waals surface area contributed by atoms with Gasteiger partial charge in [0.15, 0.2) is 12.4 Å². The van der Waals surface area contributed by atoms with E-state index < -0.39 is 0 Å². The van der Waals surface area contributed by atoms with Gasteiger partial charge in [0, 0.05) is 80.3 Å². The van der Waals surface area contributed by atoms with Gasteiger partial charge in [0.1, 0.15) is 9.53 Å². The van der Waals surface area contributed by atoms with Crippen LogP contribution in [-0.4, -0.2) is 26.0 Å². The van der Waals surface area contributed by atoms with Gasteiger partial charge in [-0.1, -0.05) is 135 Å². The average molecular weight is 968 g/mol. The second-order valence-corrected chi connectivity index (χ2v) is 20.0. The van der Waals surface area contributed by atoms with Gasteiger partial charge < -0.3 is 15.7 Å². The van der Waals surface area contributed by atoms with E-state index in [4.69, 9.17) is 28.2 Å². The number of para-hydroxylation sites is 1. The minimum atomic E-state index is -0.301. The molecular weight excluding hydrogens is 920 g/mol. The predicted octanol–water partition coefficient (Wildman–Crippen LogP) is 13.9. The maximum atomic E-state index is 12.4. The normalized spacial score (nSPS) is 11.1. The molecule has 0 aliphatic carbocycles. The maximum absolute atomic E-state index is 12.4. The van der Waals surface area contributed by atoms with Gasteiger partial charge in [-0.05, 0) is 88.9 Å². The fourth-order valence-electron chi connectivity index (χ4n) is 5.44. The van der Waals surface area contributed by atoms with Crippen LogP contribution in [-0.2, 0) is 11.2 Å². The molecule has 4 aromatic heterocycles. The van der Waals surface area contributed by atoms with Gasteiger partial charge in [0.25, 0.3) is 16.0 Å². The molecule has 15 heteroatoms. The minimum absolute atomic E-state index is 0.175. The van der Waals surface area contributed by atoms with Gasteiger partial charge in [-0.25, -0.2) is 9.98 Å². The van der Waals surface area contributed by atoms with Crippen LogP contribution in [0.25, 0.3) is 11.1 Å². The molecule has 7 rings (SSSR count). The lowest BCUT2D eigenvalue weighted by atomic mass is 9.87. The molecule has 9 nitrogen and oxygen atoms in total. The molecule has 0 radical (unpaired) electrons. The number of amides is 1. The van der Waals surface area contributed by atoms with Crippen molar-refractivity contribution in [1.29, 1.82) is 0 Å². The zero-order chi connectivity index (χ0) is 45.7. The average Bonchev–Trinajstić information content (AvgIpc) is 3.30. The number of carbonyl (C=O) groups excluding carboxylic acids is 1. The number of halogens is 2. The van der Waals surface area contributed by atoms with Crippen molar-refractivity contribution >= 4 is 90.0 Å². The van der Waals surface area contributed by atoms with Gasteiger partial charge in [0.2, 0.25) is 0 Å². The number of thioether (sulfide) groups is 2. The number of carbonyl (C=O) groups is 1. The van der Waals surface area contributed by atoms with Gasteiger partial charge >= 0.3 is 0 Å². The van der Waals surface area contributed by atoms with Crippen molar-refractivity contribution in [2.24, 2.45) is 4.99 Å². The summed E-state index contributed by atoms with van der Waals surface area (Å²) in [5.41, 5.74) is 6.74. The lowest BCUT2D eigenvalue weighted by molar-refractivity contribution is -0.646. The summed E-state index contributed by atoms with van der Waals surface area (Å²) in [7, 11) is 2.52. The highest BCUT2D eigenvalue weighted by atomic mass is 35.5. The van der Waals surface area contributed by atoms with Crippen molar-refractivity contribution in [2.45, 2.75) is 61.8 Å². The third kappa shape index (κ3) is 16.5. The number of nitrogens with one attached hydrogen (secondary N) is 1. The predicted molar refractivity (Wildman–Crippen MR) is 272 cm³/mol. The smallest absolute Gasteiger partial charge is 0.262 e. The summed E-state index contributed by atoms with van der Waals surface area (Å²) in [6.45, 7) is 8.97. The van der Waals surface area contributed by atoms with Crippen LogP contribution >= 0.6 is 68.3 Å². The van der Waals surface area contributed by atoms with Crippen LogP contribution in [0.4, 0.5) is 11.4 Å². The van der Waals surface area contributed by atoms with Gasteiger partial charge in [-0.2, -0.15) is 9.46 Å². The molecule has 0 saturated heterocycles. The molecule has 1 amide bonds. The van der Waals surface area contributed by atoms with E-state index in [1.165, 1.54) is 58.0 Å². The molecule has 64 heavy (non-hydrogen) atoms. The number of benzene rings is 3. The summed E-state index contributed by atoms with van der Waals surface area (Å²) in [4.78, 5) is 25.3. The number of anilines is 1. The molecule has 0 aliphatic heterocycles. The van der Waals surface area contributed by atoms with Crippen molar-refractivity contribution < 1.29 is 14.3 Å². The van der Waals surface area contributed by atoms with Crippen LogP contribution in [0.5, 0.6) is 0 Å². The fourth-order valence-corrected chi connectivity index (χ4v) is 9.95. The van der Waals surface area contributed by atoms with Crippen LogP contribution < -0.4 is 14.8 Å². The second-order valence-electron chi connectivity index (χ2n) is 14.8. The summed E-state index contributed by atoms with van der Waals surface area (Å²) < 4.78 is 2.67. The van der Waals surface area contributed by atoms with Crippen molar-refractivity contribution in [3.63, 3.8) is 0 Å². The monoisotopic (exact) mass is 966 g/mol. The Bertz CT molecular complexity index is 2520. The largest absolute Gasteiger partial charge is 0.618 e. The summed E-state index contributed by atoms with van der Waals surface area (Å²) in [6.07, 6.45) is 10.4. The molecule has 0 aliphatic rings. The Kier molecular flexibility index (Phi) is 20.4. The highest BCUT2D eigenvalue weighted by Crippen LogP contribution is 2.34. The van der Waals surface area contributed by atoms with Crippen molar-refractivity contribution in [3.8, 4) is 11.1 Å². The Labute approximate surface area is 402 Å². The Hall–Kier alpha value is -5.02. The van der Waals surface area contributed by atoms with E-state index in [2.05, 4.69) is 67.2 Å². The first-order chi connectivity index (χ1) is 30.9. The highest BCUT2D eigenvalue weighted by molar-refractivity contribution is 8.76. The number of pyridine rings is 4. The molecule has 0 atom stereocenters. The molecule has 0 bridgehead atoms. The summed E-state index contributed by atoms with van der Waals surface area (Å²) in [5, 5.41) is 27.5. The summed E-state index contributed by atoms with van der Waals surface area (Å²) >= 11 is 15.6. The van der Waals surface area contributed by atoms with Crippen LogP contribution in [0.15, 0.2) is 179 Å². The van der Waals surface area contributed by atoms with E-state index in [0.717, 1.165) is 42.2 Å². The van der Waals surface area contributed by atoms with E-state index in [1.54, 1.807) is 60.9 Å². The maximum Gasteiger partial charge on any atom is 0.262 e. The Morgan fingerprint density at radius 3 is 1.98 bits per heavy atom. The molecule has 7 aromatic rings. The van der Waals surface area contributed by atoms with Crippen LogP contribution in [0, 0.1) is 10.4 Å². The summed E-state index contributed by atoms with van der Waals surface area (Å²) in [5.74, 6) is 1.76. The first kappa shape index (κ1) is 50.0. The first-order valence-electron chi connectivity index (χ1n) is 20.2. The van der Waals surface area contributed by atoms with Gasteiger partial charge in [-0.3, -0.25) is 9.78 Å². The van der Waals surface area contributed by atoms with Gasteiger partial charge in [0.05, 0.1) is 17.4 Å². The molecular formula is C49H48Cl2N6O3S4. The Morgan fingerprint density at radius 1 is 0.750 bits per heavy atom. The number of hydrogen-bond donors (Lipinski definition) is 1. The molecule has 0 fully saturated rings. The van der Waals surface area contributed by atoms with E-state index in [-0.39, 0.29) is 16.5 Å². The second kappa shape index (κ2) is 26.1. The fraction of sp³-hybridized carbons (Fsp3) is 0.184. The lowest BCUT2D eigenvalue weighted by Gasteiger charge is -2.19. The Morgan fingerprint density at radius 2 is 1.39 bits per heavy atom. The molecule has 3 aromatic carbocycles. The van der Waals surface area contributed by atoms with Gasteiger partial charge in [-0.15, -0.1) is 0 Å². The molecule has 0 unspecified atom stereocenters.